The van der Waals surface area contributed by atoms with Crippen LogP contribution in [0.2, 0.25) is 0 Å². The van der Waals surface area contributed by atoms with Gasteiger partial charge in [-0.15, -0.1) is 0 Å². The molecule has 2 nitrogen and oxygen atoms in total. The van der Waals surface area contributed by atoms with Crippen molar-refractivity contribution in [3.8, 4) is 0 Å². The Bertz CT molecular complexity index is 577. The molecule has 18 heavy (non-hydrogen) atoms. The third kappa shape index (κ3) is 2.39. The molecule has 1 unspecified atom stereocenters. The SMILES string of the molecule is Cc1cc(C(C)N)nc2ccc(C(C)(C)C)cc12. The Balaban J connectivity index is 2.66. The molecule has 1 aromatic heterocycles. The van der Waals surface area contributed by atoms with E-state index in [1.807, 2.05) is 6.92 Å². The van der Waals surface area contributed by atoms with Gasteiger partial charge in [-0.2, -0.15) is 0 Å². The fraction of sp³-hybridized carbons (Fsp3) is 0.438. The van der Waals surface area contributed by atoms with Gasteiger partial charge in [0.05, 0.1) is 11.2 Å². The van der Waals surface area contributed by atoms with E-state index in [0.717, 1.165) is 11.2 Å². The molecular weight excluding hydrogens is 220 g/mol. The number of hydrogen-bond donors (Lipinski definition) is 1. The van der Waals surface area contributed by atoms with Gasteiger partial charge in [0.2, 0.25) is 0 Å². The third-order valence-corrected chi connectivity index (χ3v) is 3.37. The first kappa shape index (κ1) is 13.0. The lowest BCUT2D eigenvalue weighted by atomic mass is 9.86. The van der Waals surface area contributed by atoms with Crippen LogP contribution in [0.1, 0.15) is 50.6 Å². The second kappa shape index (κ2) is 4.36. The van der Waals surface area contributed by atoms with Gasteiger partial charge < -0.3 is 5.73 Å². The first-order chi connectivity index (χ1) is 8.29. The Hall–Kier alpha value is -1.41. The molecule has 0 radical (unpaired) electrons. The number of rotatable bonds is 1. The molecule has 2 aromatic rings. The van der Waals surface area contributed by atoms with Gasteiger partial charge in [0.15, 0.2) is 0 Å². The van der Waals surface area contributed by atoms with E-state index in [9.17, 15) is 0 Å². The minimum atomic E-state index is -0.0182. The van der Waals surface area contributed by atoms with Crippen LogP contribution in [0, 0.1) is 6.92 Å². The lowest BCUT2D eigenvalue weighted by molar-refractivity contribution is 0.591. The summed E-state index contributed by atoms with van der Waals surface area (Å²) in [5.74, 6) is 0. The van der Waals surface area contributed by atoms with E-state index >= 15 is 0 Å². The Labute approximate surface area is 109 Å². The maximum absolute atomic E-state index is 5.91. The number of pyridine rings is 1. The molecular formula is C16H22N2. The molecule has 0 amide bonds. The van der Waals surface area contributed by atoms with Gasteiger partial charge in [-0.25, -0.2) is 0 Å². The maximum atomic E-state index is 5.91. The van der Waals surface area contributed by atoms with Crippen LogP contribution in [0.25, 0.3) is 10.9 Å². The Morgan fingerprint density at radius 3 is 2.39 bits per heavy atom. The van der Waals surface area contributed by atoms with Crippen LogP contribution in [-0.4, -0.2) is 4.98 Å². The third-order valence-electron chi connectivity index (χ3n) is 3.37. The predicted molar refractivity (Wildman–Crippen MR) is 77.8 cm³/mol. The number of nitrogens with two attached hydrogens (primary N) is 1. The van der Waals surface area contributed by atoms with Crippen molar-refractivity contribution in [2.24, 2.45) is 5.73 Å². The summed E-state index contributed by atoms with van der Waals surface area (Å²) in [6, 6.07) is 8.60. The van der Waals surface area contributed by atoms with Gasteiger partial charge in [-0.05, 0) is 48.6 Å². The number of aromatic nitrogens is 1. The lowest BCUT2D eigenvalue weighted by Crippen LogP contribution is -2.11. The lowest BCUT2D eigenvalue weighted by Gasteiger charge is -2.20. The molecule has 1 atom stereocenters. The number of fused-ring (bicyclic) bond motifs is 1. The van der Waals surface area contributed by atoms with Crippen LogP contribution in [-0.2, 0) is 5.41 Å². The molecule has 1 heterocycles. The maximum Gasteiger partial charge on any atom is 0.0708 e. The minimum absolute atomic E-state index is 0.0182. The van der Waals surface area contributed by atoms with E-state index in [-0.39, 0.29) is 11.5 Å². The first-order valence-corrected chi connectivity index (χ1v) is 6.46. The zero-order valence-corrected chi connectivity index (χ0v) is 11.9. The molecule has 0 aliphatic carbocycles. The average molecular weight is 242 g/mol. The van der Waals surface area contributed by atoms with Crippen molar-refractivity contribution in [2.45, 2.75) is 46.1 Å². The highest BCUT2D eigenvalue weighted by atomic mass is 14.8. The molecule has 96 valence electrons. The highest BCUT2D eigenvalue weighted by Crippen LogP contribution is 2.27. The highest BCUT2D eigenvalue weighted by molar-refractivity contribution is 5.83. The monoisotopic (exact) mass is 242 g/mol. The summed E-state index contributed by atoms with van der Waals surface area (Å²) in [5, 5.41) is 1.23. The van der Waals surface area contributed by atoms with Crippen molar-refractivity contribution >= 4 is 10.9 Å². The number of hydrogen-bond acceptors (Lipinski definition) is 2. The molecule has 0 saturated heterocycles. The summed E-state index contributed by atoms with van der Waals surface area (Å²) in [7, 11) is 0. The Morgan fingerprint density at radius 1 is 1.17 bits per heavy atom. The van der Waals surface area contributed by atoms with Gasteiger partial charge in [0.1, 0.15) is 0 Å². The van der Waals surface area contributed by atoms with E-state index in [1.54, 1.807) is 0 Å². The molecule has 1 aromatic carbocycles. The van der Waals surface area contributed by atoms with Gasteiger partial charge >= 0.3 is 0 Å². The van der Waals surface area contributed by atoms with Crippen molar-refractivity contribution in [3.63, 3.8) is 0 Å². The largest absolute Gasteiger partial charge is 0.323 e. The van der Waals surface area contributed by atoms with Gasteiger partial charge in [0.25, 0.3) is 0 Å². The van der Waals surface area contributed by atoms with E-state index in [4.69, 9.17) is 5.73 Å². The number of benzene rings is 1. The predicted octanol–water partition coefficient (Wildman–Crippen LogP) is 3.86. The van der Waals surface area contributed by atoms with Gasteiger partial charge in [-0.1, -0.05) is 26.8 Å². The van der Waals surface area contributed by atoms with Gasteiger partial charge in [-0.3, -0.25) is 4.98 Å². The zero-order chi connectivity index (χ0) is 13.5. The molecule has 2 heteroatoms. The Kier molecular flexibility index (Phi) is 3.16. The average Bonchev–Trinajstić information content (AvgIpc) is 2.27. The fourth-order valence-electron chi connectivity index (χ4n) is 2.12. The van der Waals surface area contributed by atoms with E-state index in [2.05, 4.69) is 56.9 Å². The molecule has 0 fully saturated rings. The van der Waals surface area contributed by atoms with Crippen LogP contribution in [0.4, 0.5) is 0 Å². The van der Waals surface area contributed by atoms with Crippen molar-refractivity contribution in [1.82, 2.24) is 4.98 Å². The standard InChI is InChI=1S/C16H22N2/c1-10-8-15(11(2)17)18-14-7-6-12(9-13(10)14)16(3,4)5/h6-9,11H,17H2,1-5H3. The fourth-order valence-corrected chi connectivity index (χ4v) is 2.12. The molecule has 0 aliphatic heterocycles. The normalized spacial score (nSPS) is 13.9. The van der Waals surface area contributed by atoms with Crippen LogP contribution >= 0.6 is 0 Å². The van der Waals surface area contributed by atoms with Crippen LogP contribution in [0.3, 0.4) is 0 Å². The summed E-state index contributed by atoms with van der Waals surface area (Å²) >= 11 is 0. The topological polar surface area (TPSA) is 38.9 Å². The summed E-state index contributed by atoms with van der Waals surface area (Å²) in [5.41, 5.74) is 10.7. The van der Waals surface area contributed by atoms with E-state index in [1.165, 1.54) is 16.5 Å². The van der Waals surface area contributed by atoms with Crippen LogP contribution in [0.5, 0.6) is 0 Å². The second-order valence-corrected chi connectivity index (χ2v) is 6.13. The summed E-state index contributed by atoms with van der Waals surface area (Å²) in [6.45, 7) is 10.8. The molecule has 0 aliphatic rings. The minimum Gasteiger partial charge on any atom is -0.323 e. The highest BCUT2D eigenvalue weighted by Gasteiger charge is 2.15. The van der Waals surface area contributed by atoms with Crippen LogP contribution < -0.4 is 5.73 Å². The smallest absolute Gasteiger partial charge is 0.0708 e. The number of aryl methyl sites for hydroxylation is 1. The van der Waals surface area contributed by atoms with E-state index in [0.29, 0.717) is 0 Å². The van der Waals surface area contributed by atoms with Crippen LogP contribution in [0.15, 0.2) is 24.3 Å². The molecule has 0 saturated carbocycles. The molecule has 2 N–H and O–H groups in total. The summed E-state index contributed by atoms with van der Waals surface area (Å²) in [4.78, 5) is 4.63. The quantitative estimate of drug-likeness (QED) is 0.824. The second-order valence-electron chi connectivity index (χ2n) is 6.13. The van der Waals surface area contributed by atoms with Crippen molar-refractivity contribution in [1.29, 1.82) is 0 Å². The Morgan fingerprint density at radius 2 is 1.83 bits per heavy atom. The molecule has 0 spiro atoms. The van der Waals surface area contributed by atoms with Crippen molar-refractivity contribution in [3.05, 3.63) is 41.1 Å². The summed E-state index contributed by atoms with van der Waals surface area (Å²) in [6.07, 6.45) is 0. The van der Waals surface area contributed by atoms with E-state index < -0.39 is 0 Å². The van der Waals surface area contributed by atoms with Crippen molar-refractivity contribution in [2.75, 3.05) is 0 Å². The van der Waals surface area contributed by atoms with Crippen molar-refractivity contribution < 1.29 is 0 Å². The molecule has 0 bridgehead atoms. The summed E-state index contributed by atoms with van der Waals surface area (Å²) < 4.78 is 0. The first-order valence-electron chi connectivity index (χ1n) is 6.46. The molecule has 2 rings (SSSR count). The van der Waals surface area contributed by atoms with Gasteiger partial charge in [0, 0.05) is 11.4 Å². The zero-order valence-electron chi connectivity index (χ0n) is 11.9. The number of nitrogens with zero attached hydrogens (tertiary/aromatic N) is 1.